The van der Waals surface area contributed by atoms with Crippen molar-refractivity contribution in [3.8, 4) is 17.4 Å². The Morgan fingerprint density at radius 3 is 3.00 bits per heavy atom. The summed E-state index contributed by atoms with van der Waals surface area (Å²) in [5, 5.41) is 10.1. The largest absolute Gasteiger partial charge is 0.508 e. The Morgan fingerprint density at radius 1 is 1.18 bits per heavy atom. The third-order valence-electron chi connectivity index (χ3n) is 2.38. The zero-order valence-corrected chi connectivity index (χ0v) is 8.83. The smallest absolute Gasteiger partial charge is 0.230 e. The highest BCUT2D eigenvalue weighted by Crippen LogP contribution is 2.29. The number of furan rings is 1. The van der Waals surface area contributed by atoms with E-state index < -0.39 is 0 Å². The SMILES string of the molecule is Oc1cccc(Oc2nccc3occc23)c1. The first-order valence-electron chi connectivity index (χ1n) is 5.12. The molecule has 2 aromatic heterocycles. The van der Waals surface area contributed by atoms with Crippen LogP contribution in [0.25, 0.3) is 11.0 Å². The molecule has 0 bridgehead atoms. The van der Waals surface area contributed by atoms with Gasteiger partial charge in [-0.3, -0.25) is 0 Å². The van der Waals surface area contributed by atoms with E-state index in [1.165, 1.54) is 6.07 Å². The van der Waals surface area contributed by atoms with Crippen molar-refractivity contribution in [3.63, 3.8) is 0 Å². The first-order chi connectivity index (χ1) is 8.33. The number of pyridine rings is 1. The van der Waals surface area contributed by atoms with Crippen LogP contribution in [0.2, 0.25) is 0 Å². The quantitative estimate of drug-likeness (QED) is 0.729. The first kappa shape index (κ1) is 9.72. The van der Waals surface area contributed by atoms with Crippen LogP contribution in [0.5, 0.6) is 17.4 Å². The summed E-state index contributed by atoms with van der Waals surface area (Å²) in [5.74, 6) is 1.15. The monoisotopic (exact) mass is 227 g/mol. The molecule has 0 spiro atoms. The van der Waals surface area contributed by atoms with Crippen LogP contribution in [-0.4, -0.2) is 10.1 Å². The zero-order chi connectivity index (χ0) is 11.7. The van der Waals surface area contributed by atoms with E-state index in [-0.39, 0.29) is 5.75 Å². The minimum atomic E-state index is 0.155. The summed E-state index contributed by atoms with van der Waals surface area (Å²) >= 11 is 0. The zero-order valence-electron chi connectivity index (χ0n) is 8.83. The highest BCUT2D eigenvalue weighted by Gasteiger charge is 2.07. The van der Waals surface area contributed by atoms with Crippen molar-refractivity contribution in [2.75, 3.05) is 0 Å². The van der Waals surface area contributed by atoms with Gasteiger partial charge in [-0.2, -0.15) is 0 Å². The molecule has 0 saturated carbocycles. The van der Waals surface area contributed by atoms with Crippen LogP contribution in [0.1, 0.15) is 0 Å². The number of rotatable bonds is 2. The summed E-state index contributed by atoms with van der Waals surface area (Å²) in [7, 11) is 0. The van der Waals surface area contributed by atoms with Gasteiger partial charge >= 0.3 is 0 Å². The molecule has 0 saturated heterocycles. The van der Waals surface area contributed by atoms with Gasteiger partial charge in [0.25, 0.3) is 0 Å². The summed E-state index contributed by atoms with van der Waals surface area (Å²) in [6.07, 6.45) is 3.20. The predicted octanol–water partition coefficient (Wildman–Crippen LogP) is 3.33. The number of ether oxygens (including phenoxy) is 1. The average molecular weight is 227 g/mol. The molecule has 0 aliphatic heterocycles. The van der Waals surface area contributed by atoms with Crippen molar-refractivity contribution in [1.82, 2.24) is 4.98 Å². The fraction of sp³-hybridized carbons (Fsp3) is 0. The molecule has 3 rings (SSSR count). The molecule has 17 heavy (non-hydrogen) atoms. The summed E-state index contributed by atoms with van der Waals surface area (Å²) in [6.45, 7) is 0. The maximum atomic E-state index is 9.35. The van der Waals surface area contributed by atoms with Gasteiger partial charge in [0, 0.05) is 12.3 Å². The van der Waals surface area contributed by atoms with Crippen LogP contribution in [0.15, 0.2) is 53.3 Å². The standard InChI is InChI=1S/C13H9NO3/c15-9-2-1-3-10(8-9)17-13-11-5-7-16-12(11)4-6-14-13/h1-8,15H. The Morgan fingerprint density at radius 2 is 2.12 bits per heavy atom. The molecule has 4 nitrogen and oxygen atoms in total. The summed E-state index contributed by atoms with van der Waals surface area (Å²) in [4.78, 5) is 4.14. The van der Waals surface area contributed by atoms with Crippen molar-refractivity contribution < 1.29 is 14.3 Å². The Hall–Kier alpha value is -2.49. The fourth-order valence-corrected chi connectivity index (χ4v) is 1.61. The second kappa shape index (κ2) is 3.83. The molecule has 0 aliphatic carbocycles. The number of benzene rings is 1. The van der Waals surface area contributed by atoms with E-state index in [1.54, 1.807) is 42.8 Å². The lowest BCUT2D eigenvalue weighted by Crippen LogP contribution is -1.87. The number of nitrogens with zero attached hydrogens (tertiary/aromatic N) is 1. The van der Waals surface area contributed by atoms with Crippen molar-refractivity contribution in [3.05, 3.63) is 48.9 Å². The fourth-order valence-electron chi connectivity index (χ4n) is 1.61. The minimum Gasteiger partial charge on any atom is -0.508 e. The normalized spacial score (nSPS) is 10.6. The van der Waals surface area contributed by atoms with E-state index in [0.29, 0.717) is 11.6 Å². The van der Waals surface area contributed by atoms with Gasteiger partial charge in [-0.25, -0.2) is 4.98 Å². The van der Waals surface area contributed by atoms with Crippen molar-refractivity contribution >= 4 is 11.0 Å². The number of hydrogen-bond donors (Lipinski definition) is 1. The molecule has 0 unspecified atom stereocenters. The van der Waals surface area contributed by atoms with E-state index in [9.17, 15) is 5.11 Å². The third-order valence-corrected chi connectivity index (χ3v) is 2.38. The topological polar surface area (TPSA) is 55.5 Å². The molecule has 4 heteroatoms. The highest BCUT2D eigenvalue weighted by molar-refractivity contribution is 5.82. The van der Waals surface area contributed by atoms with Gasteiger partial charge < -0.3 is 14.3 Å². The maximum Gasteiger partial charge on any atom is 0.230 e. The van der Waals surface area contributed by atoms with E-state index in [1.807, 2.05) is 0 Å². The molecular formula is C13H9NO3. The molecule has 2 heterocycles. The number of aromatic hydroxyl groups is 1. The van der Waals surface area contributed by atoms with Gasteiger partial charge in [-0.05, 0) is 24.3 Å². The molecule has 0 radical (unpaired) electrons. The predicted molar refractivity (Wildman–Crippen MR) is 62.2 cm³/mol. The third kappa shape index (κ3) is 1.80. The Bertz CT molecular complexity index is 660. The number of hydrogen-bond acceptors (Lipinski definition) is 4. The Balaban J connectivity index is 2.02. The molecule has 84 valence electrons. The molecule has 0 aliphatic rings. The second-order valence-electron chi connectivity index (χ2n) is 3.55. The van der Waals surface area contributed by atoms with Gasteiger partial charge in [0.2, 0.25) is 5.88 Å². The maximum absolute atomic E-state index is 9.35. The van der Waals surface area contributed by atoms with E-state index in [2.05, 4.69) is 4.98 Å². The number of phenols is 1. The molecular weight excluding hydrogens is 218 g/mol. The lowest BCUT2D eigenvalue weighted by molar-refractivity contribution is 0.449. The van der Waals surface area contributed by atoms with Crippen molar-refractivity contribution in [1.29, 1.82) is 0 Å². The first-order valence-corrected chi connectivity index (χ1v) is 5.12. The molecule has 0 atom stereocenters. The van der Waals surface area contributed by atoms with Gasteiger partial charge in [0.1, 0.15) is 17.1 Å². The van der Waals surface area contributed by atoms with Crippen LogP contribution in [0.4, 0.5) is 0 Å². The van der Waals surface area contributed by atoms with Crippen molar-refractivity contribution in [2.45, 2.75) is 0 Å². The van der Waals surface area contributed by atoms with E-state index in [0.717, 1.165) is 11.0 Å². The summed E-state index contributed by atoms with van der Waals surface area (Å²) < 4.78 is 10.9. The summed E-state index contributed by atoms with van der Waals surface area (Å²) in [5.41, 5.74) is 0.718. The minimum absolute atomic E-state index is 0.155. The number of phenolic OH excluding ortho intramolecular Hbond substituents is 1. The van der Waals surface area contributed by atoms with Crippen molar-refractivity contribution in [2.24, 2.45) is 0 Å². The van der Waals surface area contributed by atoms with E-state index in [4.69, 9.17) is 9.15 Å². The molecule has 1 aromatic carbocycles. The summed E-state index contributed by atoms with van der Waals surface area (Å²) in [6, 6.07) is 10.1. The Labute approximate surface area is 97.1 Å². The Kier molecular flexibility index (Phi) is 2.19. The van der Waals surface area contributed by atoms with Crippen LogP contribution >= 0.6 is 0 Å². The van der Waals surface area contributed by atoms with Crippen LogP contribution in [0.3, 0.4) is 0 Å². The van der Waals surface area contributed by atoms with Crippen LogP contribution < -0.4 is 4.74 Å². The second-order valence-corrected chi connectivity index (χ2v) is 3.55. The van der Waals surface area contributed by atoms with E-state index >= 15 is 0 Å². The number of fused-ring (bicyclic) bond motifs is 1. The molecule has 3 aromatic rings. The number of aromatic nitrogens is 1. The molecule has 0 fully saturated rings. The lowest BCUT2D eigenvalue weighted by Gasteiger charge is -2.05. The van der Waals surface area contributed by atoms with Gasteiger partial charge in [0.15, 0.2) is 0 Å². The average Bonchev–Trinajstić information content (AvgIpc) is 2.78. The van der Waals surface area contributed by atoms with Crippen LogP contribution in [0, 0.1) is 0 Å². The van der Waals surface area contributed by atoms with Gasteiger partial charge in [-0.1, -0.05) is 6.07 Å². The molecule has 1 N–H and O–H groups in total. The lowest BCUT2D eigenvalue weighted by atomic mass is 10.3. The van der Waals surface area contributed by atoms with Gasteiger partial charge in [-0.15, -0.1) is 0 Å². The highest BCUT2D eigenvalue weighted by atomic mass is 16.5. The molecule has 0 amide bonds. The van der Waals surface area contributed by atoms with Crippen LogP contribution in [-0.2, 0) is 0 Å². The van der Waals surface area contributed by atoms with Gasteiger partial charge in [0.05, 0.1) is 11.6 Å².